The van der Waals surface area contributed by atoms with Crippen molar-refractivity contribution in [2.24, 2.45) is 5.73 Å². The van der Waals surface area contributed by atoms with Gasteiger partial charge in [-0.05, 0) is 18.4 Å². The third-order valence-corrected chi connectivity index (χ3v) is 4.63. The highest BCUT2D eigenvalue weighted by atomic mass is 16.7. The molecule has 0 aromatic heterocycles. The number of nitrogens with one attached hydrogen (secondary N) is 1. The van der Waals surface area contributed by atoms with Crippen LogP contribution >= 0.6 is 0 Å². The largest absolute Gasteiger partial charge is 0.387 e. The summed E-state index contributed by atoms with van der Waals surface area (Å²) < 4.78 is 16.8. The van der Waals surface area contributed by atoms with Gasteiger partial charge in [-0.2, -0.15) is 0 Å². The number of ether oxygens (including phenoxy) is 3. The van der Waals surface area contributed by atoms with Crippen molar-refractivity contribution in [1.82, 2.24) is 5.32 Å². The standard InChI is InChI=1S/C18H26N2O6/c19-12(9-11-5-2-1-3-6-11)17(23)20-10-13-16-14(21)15(22)18(26-13)25-8-4-7-24-16/h1-3,5-6,12-16,18,21-22H,4,7-10,19H2,(H,20,23)/t12-,13?,14?,15?,16?,18?/m0/s1. The molecule has 1 aromatic carbocycles. The van der Waals surface area contributed by atoms with Gasteiger partial charge >= 0.3 is 0 Å². The maximum Gasteiger partial charge on any atom is 0.237 e. The van der Waals surface area contributed by atoms with Crippen LogP contribution in [-0.4, -0.2) is 72.6 Å². The summed E-state index contributed by atoms with van der Waals surface area (Å²) in [5.41, 5.74) is 6.95. The van der Waals surface area contributed by atoms with Gasteiger partial charge in [-0.1, -0.05) is 30.3 Å². The number of benzene rings is 1. The Morgan fingerprint density at radius 1 is 1.19 bits per heavy atom. The summed E-state index contributed by atoms with van der Waals surface area (Å²) in [4.78, 5) is 12.3. The van der Waals surface area contributed by atoms with Gasteiger partial charge < -0.3 is 35.5 Å². The average Bonchev–Trinajstić information content (AvgIpc) is 2.79. The summed E-state index contributed by atoms with van der Waals surface area (Å²) in [5, 5.41) is 23.1. The van der Waals surface area contributed by atoms with Gasteiger partial charge in [0.05, 0.1) is 12.6 Å². The normalized spacial score (nSPS) is 33.0. The predicted molar refractivity (Wildman–Crippen MR) is 92.1 cm³/mol. The maximum absolute atomic E-state index is 12.3. The molecule has 144 valence electrons. The minimum Gasteiger partial charge on any atom is -0.387 e. The fourth-order valence-electron chi connectivity index (χ4n) is 3.18. The van der Waals surface area contributed by atoms with Crippen LogP contribution in [0.15, 0.2) is 30.3 Å². The van der Waals surface area contributed by atoms with Crippen LogP contribution in [0.3, 0.4) is 0 Å². The minimum atomic E-state index is -1.19. The molecule has 1 amide bonds. The number of aliphatic hydroxyl groups is 2. The van der Waals surface area contributed by atoms with E-state index in [1.807, 2.05) is 30.3 Å². The van der Waals surface area contributed by atoms with Gasteiger partial charge in [0.15, 0.2) is 6.29 Å². The Bertz CT molecular complexity index is 584. The highest BCUT2D eigenvalue weighted by Crippen LogP contribution is 2.25. The fraction of sp³-hybridized carbons (Fsp3) is 0.611. The number of aliphatic hydroxyl groups excluding tert-OH is 2. The Hall–Kier alpha value is -1.55. The van der Waals surface area contributed by atoms with E-state index in [4.69, 9.17) is 19.9 Å². The molecule has 0 aliphatic carbocycles. The zero-order valence-electron chi connectivity index (χ0n) is 14.5. The molecule has 1 aromatic rings. The minimum absolute atomic E-state index is 0.107. The van der Waals surface area contributed by atoms with Crippen LogP contribution < -0.4 is 11.1 Å². The second kappa shape index (κ2) is 8.90. The number of carbonyl (C=O) groups is 1. The van der Waals surface area contributed by atoms with Gasteiger partial charge in [-0.25, -0.2) is 0 Å². The first-order chi connectivity index (χ1) is 12.6. The van der Waals surface area contributed by atoms with Crippen LogP contribution in [0.5, 0.6) is 0 Å². The smallest absolute Gasteiger partial charge is 0.237 e. The number of nitrogens with two attached hydrogens (primary N) is 1. The highest BCUT2D eigenvalue weighted by Gasteiger charge is 2.46. The third kappa shape index (κ3) is 4.59. The van der Waals surface area contributed by atoms with Crippen molar-refractivity contribution in [3.8, 4) is 0 Å². The van der Waals surface area contributed by atoms with Gasteiger partial charge in [-0.3, -0.25) is 4.79 Å². The molecule has 6 atom stereocenters. The lowest BCUT2D eigenvalue weighted by atomic mass is 9.98. The molecule has 0 saturated carbocycles. The van der Waals surface area contributed by atoms with E-state index in [0.29, 0.717) is 26.1 Å². The summed E-state index contributed by atoms with van der Waals surface area (Å²) in [5.74, 6) is -0.316. The van der Waals surface area contributed by atoms with Crippen molar-refractivity contribution in [1.29, 1.82) is 0 Å². The summed E-state index contributed by atoms with van der Waals surface area (Å²) in [6.07, 6.45) is -3.60. The van der Waals surface area contributed by atoms with Crippen LogP contribution in [0.25, 0.3) is 0 Å². The maximum atomic E-state index is 12.3. The van der Waals surface area contributed by atoms with Crippen molar-refractivity contribution in [3.05, 3.63) is 35.9 Å². The molecule has 8 nitrogen and oxygen atoms in total. The van der Waals surface area contributed by atoms with Crippen molar-refractivity contribution in [3.63, 3.8) is 0 Å². The Labute approximate surface area is 152 Å². The number of amides is 1. The van der Waals surface area contributed by atoms with Crippen LogP contribution in [0.1, 0.15) is 12.0 Å². The molecule has 8 heteroatoms. The molecule has 3 aliphatic heterocycles. The summed E-state index contributed by atoms with van der Waals surface area (Å²) in [7, 11) is 0. The van der Waals surface area contributed by atoms with Gasteiger partial charge in [0.2, 0.25) is 5.91 Å². The van der Waals surface area contributed by atoms with E-state index < -0.39 is 36.7 Å². The molecule has 5 unspecified atom stereocenters. The quantitative estimate of drug-likeness (QED) is 0.523. The highest BCUT2D eigenvalue weighted by molar-refractivity contribution is 5.81. The van der Waals surface area contributed by atoms with E-state index in [9.17, 15) is 15.0 Å². The number of hydrogen-bond donors (Lipinski definition) is 4. The zero-order valence-corrected chi connectivity index (χ0v) is 14.5. The molecule has 26 heavy (non-hydrogen) atoms. The molecule has 5 N–H and O–H groups in total. The number of carbonyl (C=O) groups excluding carboxylic acids is 1. The van der Waals surface area contributed by atoms with E-state index in [1.165, 1.54) is 0 Å². The predicted octanol–water partition coefficient (Wildman–Crippen LogP) is -1.08. The molecule has 3 heterocycles. The summed E-state index contributed by atoms with van der Waals surface area (Å²) >= 11 is 0. The Morgan fingerprint density at radius 2 is 1.92 bits per heavy atom. The lowest BCUT2D eigenvalue weighted by Gasteiger charge is -2.41. The van der Waals surface area contributed by atoms with Crippen molar-refractivity contribution < 1.29 is 29.2 Å². The first-order valence-corrected chi connectivity index (χ1v) is 8.88. The SMILES string of the molecule is N[C@@H](Cc1ccccc1)C(=O)NCC1OC2OCCCOC1C(O)C2O. The van der Waals surface area contributed by atoms with Crippen LogP contribution in [0.2, 0.25) is 0 Å². The lowest BCUT2D eigenvalue weighted by Crippen LogP contribution is -2.61. The van der Waals surface area contributed by atoms with Crippen molar-refractivity contribution >= 4 is 5.91 Å². The topological polar surface area (TPSA) is 123 Å². The Morgan fingerprint density at radius 3 is 2.69 bits per heavy atom. The molecule has 2 bridgehead atoms. The van der Waals surface area contributed by atoms with E-state index in [-0.39, 0.29) is 12.5 Å². The van der Waals surface area contributed by atoms with Crippen LogP contribution in [0, 0.1) is 0 Å². The van der Waals surface area contributed by atoms with E-state index in [1.54, 1.807) is 0 Å². The molecule has 3 fully saturated rings. The van der Waals surface area contributed by atoms with Gasteiger partial charge in [0, 0.05) is 13.2 Å². The van der Waals surface area contributed by atoms with Gasteiger partial charge in [-0.15, -0.1) is 0 Å². The second-order valence-corrected chi connectivity index (χ2v) is 6.63. The molecular weight excluding hydrogens is 340 g/mol. The fourth-order valence-corrected chi connectivity index (χ4v) is 3.18. The van der Waals surface area contributed by atoms with E-state index in [0.717, 1.165) is 5.56 Å². The van der Waals surface area contributed by atoms with E-state index >= 15 is 0 Å². The average molecular weight is 366 g/mol. The number of hydrogen-bond acceptors (Lipinski definition) is 7. The first-order valence-electron chi connectivity index (χ1n) is 8.88. The Balaban J connectivity index is 1.56. The lowest BCUT2D eigenvalue weighted by molar-refractivity contribution is -0.292. The summed E-state index contributed by atoms with van der Waals surface area (Å²) in [6.45, 7) is 0.848. The van der Waals surface area contributed by atoms with Crippen LogP contribution in [-0.2, 0) is 25.4 Å². The first kappa shape index (κ1) is 19.2. The third-order valence-electron chi connectivity index (χ3n) is 4.63. The van der Waals surface area contributed by atoms with E-state index in [2.05, 4.69) is 5.32 Å². The second-order valence-electron chi connectivity index (χ2n) is 6.63. The van der Waals surface area contributed by atoms with Crippen LogP contribution in [0.4, 0.5) is 0 Å². The number of rotatable bonds is 5. The van der Waals surface area contributed by atoms with Gasteiger partial charge in [0.1, 0.15) is 24.4 Å². The van der Waals surface area contributed by atoms with Gasteiger partial charge in [0.25, 0.3) is 0 Å². The number of fused-ring (bicyclic) bond motifs is 6. The molecule has 4 rings (SSSR count). The van der Waals surface area contributed by atoms with Crippen molar-refractivity contribution in [2.45, 2.75) is 49.6 Å². The molecular formula is C18H26N2O6. The summed E-state index contributed by atoms with van der Waals surface area (Å²) in [6, 6.07) is 8.82. The molecule has 0 spiro atoms. The Kier molecular flexibility index (Phi) is 6.58. The molecule has 0 radical (unpaired) electrons. The molecule has 3 aliphatic rings. The zero-order chi connectivity index (χ0) is 18.5. The van der Waals surface area contributed by atoms with Crippen molar-refractivity contribution in [2.75, 3.05) is 19.8 Å². The molecule has 3 saturated heterocycles. The monoisotopic (exact) mass is 366 g/mol.